The molecule has 3 aromatic rings. The lowest BCUT2D eigenvalue weighted by molar-refractivity contribution is -0.123. The minimum absolute atomic E-state index is 0.0703. The first-order chi connectivity index (χ1) is 11.6. The molecule has 0 saturated carbocycles. The van der Waals surface area contributed by atoms with Crippen molar-refractivity contribution in [2.45, 2.75) is 13.5 Å². The topological polar surface area (TPSA) is 51.2 Å². The monoisotopic (exact) mass is 340 g/mol. The third-order valence-electron chi connectivity index (χ3n) is 3.78. The quantitative estimate of drug-likeness (QED) is 0.766. The summed E-state index contributed by atoms with van der Waals surface area (Å²) in [4.78, 5) is 16.3. The van der Waals surface area contributed by atoms with Crippen LogP contribution < -0.4 is 10.1 Å². The van der Waals surface area contributed by atoms with Gasteiger partial charge in [0.25, 0.3) is 5.91 Å². The molecule has 0 saturated heterocycles. The van der Waals surface area contributed by atoms with Crippen molar-refractivity contribution in [1.82, 2.24) is 10.3 Å². The second-order valence-electron chi connectivity index (χ2n) is 5.44. The van der Waals surface area contributed by atoms with E-state index in [1.165, 1.54) is 0 Å². The SMILES string of the molecule is Cc1ccccc1CNC(=O)COc1ccc(Cl)c2cccnc12. The van der Waals surface area contributed by atoms with Crippen molar-refractivity contribution in [3.63, 3.8) is 0 Å². The first-order valence-corrected chi connectivity index (χ1v) is 8.00. The van der Waals surface area contributed by atoms with E-state index in [0.29, 0.717) is 22.8 Å². The normalized spacial score (nSPS) is 10.6. The number of aromatic nitrogens is 1. The van der Waals surface area contributed by atoms with Crippen molar-refractivity contribution in [1.29, 1.82) is 0 Å². The minimum Gasteiger partial charge on any atom is -0.481 e. The number of aryl methyl sites for hydroxylation is 1. The van der Waals surface area contributed by atoms with Gasteiger partial charge in [-0.3, -0.25) is 9.78 Å². The van der Waals surface area contributed by atoms with Crippen molar-refractivity contribution in [2.75, 3.05) is 6.61 Å². The fraction of sp³-hybridized carbons (Fsp3) is 0.158. The number of pyridine rings is 1. The van der Waals surface area contributed by atoms with Gasteiger partial charge >= 0.3 is 0 Å². The Kier molecular flexibility index (Phi) is 4.96. The average Bonchev–Trinajstić information content (AvgIpc) is 2.61. The van der Waals surface area contributed by atoms with Gasteiger partial charge in [-0.25, -0.2) is 0 Å². The van der Waals surface area contributed by atoms with Gasteiger partial charge in [0.2, 0.25) is 0 Å². The Morgan fingerprint density at radius 3 is 2.83 bits per heavy atom. The molecule has 4 nitrogen and oxygen atoms in total. The van der Waals surface area contributed by atoms with Crippen molar-refractivity contribution in [3.05, 3.63) is 70.9 Å². The smallest absolute Gasteiger partial charge is 0.258 e. The number of nitrogens with zero attached hydrogens (tertiary/aromatic N) is 1. The molecule has 0 unspecified atom stereocenters. The maximum Gasteiger partial charge on any atom is 0.258 e. The molecule has 1 amide bonds. The molecule has 5 heteroatoms. The van der Waals surface area contributed by atoms with Crippen molar-refractivity contribution < 1.29 is 9.53 Å². The molecule has 1 aromatic heterocycles. The molecule has 0 radical (unpaired) electrons. The van der Waals surface area contributed by atoms with Gasteiger partial charge in [-0.15, -0.1) is 0 Å². The fourth-order valence-corrected chi connectivity index (χ4v) is 2.64. The highest BCUT2D eigenvalue weighted by atomic mass is 35.5. The zero-order valence-electron chi connectivity index (χ0n) is 13.3. The molecule has 3 rings (SSSR count). The third-order valence-corrected chi connectivity index (χ3v) is 4.11. The number of benzene rings is 2. The first-order valence-electron chi connectivity index (χ1n) is 7.62. The summed E-state index contributed by atoms with van der Waals surface area (Å²) in [6, 6.07) is 15.1. The number of amides is 1. The summed E-state index contributed by atoms with van der Waals surface area (Å²) in [5.41, 5.74) is 2.88. The van der Waals surface area contributed by atoms with E-state index in [1.54, 1.807) is 18.3 Å². The van der Waals surface area contributed by atoms with Gasteiger partial charge in [0.1, 0.15) is 11.3 Å². The van der Waals surface area contributed by atoms with Gasteiger partial charge in [0, 0.05) is 18.1 Å². The Balaban J connectivity index is 1.63. The lowest BCUT2D eigenvalue weighted by Gasteiger charge is -2.11. The van der Waals surface area contributed by atoms with E-state index in [9.17, 15) is 4.79 Å². The molecule has 0 spiro atoms. The molecule has 2 aromatic carbocycles. The van der Waals surface area contributed by atoms with Gasteiger partial charge in [-0.1, -0.05) is 35.9 Å². The number of carbonyl (C=O) groups excluding carboxylic acids is 1. The lowest BCUT2D eigenvalue weighted by Crippen LogP contribution is -2.28. The third kappa shape index (κ3) is 3.66. The molecule has 122 valence electrons. The second-order valence-corrected chi connectivity index (χ2v) is 5.84. The molecule has 0 bridgehead atoms. The summed E-state index contributed by atoms with van der Waals surface area (Å²) < 4.78 is 5.62. The van der Waals surface area contributed by atoms with Crippen LogP contribution in [-0.2, 0) is 11.3 Å². The molecular weight excluding hydrogens is 324 g/mol. The number of rotatable bonds is 5. The Labute approximate surface area is 145 Å². The number of hydrogen-bond acceptors (Lipinski definition) is 3. The number of ether oxygens (including phenoxy) is 1. The molecule has 1 heterocycles. The summed E-state index contributed by atoms with van der Waals surface area (Å²) in [5.74, 6) is 0.360. The summed E-state index contributed by atoms with van der Waals surface area (Å²) in [7, 11) is 0. The fourth-order valence-electron chi connectivity index (χ4n) is 2.42. The molecule has 0 aliphatic rings. The summed E-state index contributed by atoms with van der Waals surface area (Å²) in [5, 5.41) is 4.27. The van der Waals surface area contributed by atoms with Crippen LogP contribution in [0, 0.1) is 6.92 Å². The van der Waals surface area contributed by atoms with Crippen LogP contribution in [0.4, 0.5) is 0 Å². The van der Waals surface area contributed by atoms with Crippen LogP contribution in [0.2, 0.25) is 5.02 Å². The number of hydrogen-bond donors (Lipinski definition) is 1. The van der Waals surface area contributed by atoms with Crippen molar-refractivity contribution in [2.24, 2.45) is 0 Å². The number of nitrogens with one attached hydrogen (secondary N) is 1. The number of fused-ring (bicyclic) bond motifs is 1. The van der Waals surface area contributed by atoms with Crippen LogP contribution in [0.3, 0.4) is 0 Å². The van der Waals surface area contributed by atoms with Crippen LogP contribution >= 0.6 is 11.6 Å². The average molecular weight is 341 g/mol. The Morgan fingerprint density at radius 1 is 1.17 bits per heavy atom. The van der Waals surface area contributed by atoms with Crippen LogP contribution in [-0.4, -0.2) is 17.5 Å². The molecule has 0 atom stereocenters. The number of carbonyl (C=O) groups is 1. The Morgan fingerprint density at radius 2 is 2.00 bits per heavy atom. The lowest BCUT2D eigenvalue weighted by atomic mass is 10.1. The van der Waals surface area contributed by atoms with Gasteiger partial charge < -0.3 is 10.1 Å². The van der Waals surface area contributed by atoms with E-state index in [4.69, 9.17) is 16.3 Å². The van der Waals surface area contributed by atoms with Gasteiger partial charge in [0.15, 0.2) is 6.61 Å². The molecule has 1 N–H and O–H groups in total. The summed E-state index contributed by atoms with van der Waals surface area (Å²) >= 11 is 6.15. The standard InChI is InChI=1S/C19H17ClN2O2/c1-13-5-2-3-6-14(13)11-22-18(23)12-24-17-9-8-16(20)15-7-4-10-21-19(15)17/h2-10H,11-12H2,1H3,(H,22,23). The maximum atomic E-state index is 12.0. The molecular formula is C19H17ClN2O2. The van der Waals surface area contributed by atoms with Crippen molar-refractivity contribution >= 4 is 28.4 Å². The van der Waals surface area contributed by atoms with E-state index >= 15 is 0 Å². The highest BCUT2D eigenvalue weighted by Crippen LogP contribution is 2.29. The van der Waals surface area contributed by atoms with Crippen LogP contribution in [0.5, 0.6) is 5.75 Å². The van der Waals surface area contributed by atoms with Crippen LogP contribution in [0.15, 0.2) is 54.7 Å². The Hall–Kier alpha value is -2.59. The van der Waals surface area contributed by atoms with Crippen molar-refractivity contribution in [3.8, 4) is 5.75 Å². The van der Waals surface area contributed by atoms with E-state index in [2.05, 4.69) is 10.3 Å². The van der Waals surface area contributed by atoms with Gasteiger partial charge in [-0.2, -0.15) is 0 Å². The molecule has 0 fully saturated rings. The first kappa shape index (κ1) is 16.3. The predicted molar refractivity (Wildman–Crippen MR) is 95.3 cm³/mol. The van der Waals surface area contributed by atoms with Crippen LogP contribution in [0.1, 0.15) is 11.1 Å². The van der Waals surface area contributed by atoms with Gasteiger partial charge in [0.05, 0.1) is 5.02 Å². The molecule has 0 aliphatic carbocycles. The minimum atomic E-state index is -0.183. The molecule has 0 aliphatic heterocycles. The number of halogens is 1. The highest BCUT2D eigenvalue weighted by Gasteiger charge is 2.09. The largest absolute Gasteiger partial charge is 0.481 e. The summed E-state index contributed by atoms with van der Waals surface area (Å²) in [6.45, 7) is 2.43. The highest BCUT2D eigenvalue weighted by molar-refractivity contribution is 6.35. The molecule has 24 heavy (non-hydrogen) atoms. The second kappa shape index (κ2) is 7.32. The zero-order chi connectivity index (χ0) is 16.9. The predicted octanol–water partition coefficient (Wildman–Crippen LogP) is 3.89. The Bertz CT molecular complexity index is 880. The summed E-state index contributed by atoms with van der Waals surface area (Å²) in [6.07, 6.45) is 1.67. The van der Waals surface area contributed by atoms with E-state index < -0.39 is 0 Å². The zero-order valence-corrected chi connectivity index (χ0v) is 14.0. The van der Waals surface area contributed by atoms with Crippen LogP contribution in [0.25, 0.3) is 10.9 Å². The van der Waals surface area contributed by atoms with E-state index in [0.717, 1.165) is 16.5 Å². The van der Waals surface area contributed by atoms with E-state index in [1.807, 2.05) is 43.3 Å². The van der Waals surface area contributed by atoms with Gasteiger partial charge in [-0.05, 0) is 42.3 Å². The maximum absolute atomic E-state index is 12.0. The van der Waals surface area contributed by atoms with E-state index in [-0.39, 0.29) is 12.5 Å².